The van der Waals surface area contributed by atoms with Crippen molar-refractivity contribution >= 4 is 11.8 Å². The first kappa shape index (κ1) is 14.0. The van der Waals surface area contributed by atoms with E-state index in [-0.39, 0.29) is 6.10 Å². The molecule has 1 aliphatic rings. The van der Waals surface area contributed by atoms with Gasteiger partial charge in [0.05, 0.1) is 6.10 Å². The molecule has 2 N–H and O–H groups in total. The van der Waals surface area contributed by atoms with Crippen LogP contribution in [0.15, 0.2) is 12.3 Å². The van der Waals surface area contributed by atoms with E-state index in [1.54, 1.807) is 6.20 Å². The molecule has 106 valence electrons. The van der Waals surface area contributed by atoms with Crippen LogP contribution in [-0.4, -0.2) is 65.8 Å². The highest BCUT2D eigenvalue weighted by atomic mass is 16.3. The van der Waals surface area contributed by atoms with Gasteiger partial charge in [0.2, 0.25) is 5.95 Å². The molecule has 0 aromatic carbocycles. The zero-order valence-electron chi connectivity index (χ0n) is 11.9. The Balaban J connectivity index is 2.16. The Kier molecular flexibility index (Phi) is 4.55. The van der Waals surface area contributed by atoms with E-state index < -0.39 is 0 Å². The van der Waals surface area contributed by atoms with Gasteiger partial charge in [-0.1, -0.05) is 0 Å². The summed E-state index contributed by atoms with van der Waals surface area (Å²) in [4.78, 5) is 13.0. The predicted octanol–water partition coefficient (Wildman–Crippen LogP) is 0.410. The number of hydrogen-bond acceptors (Lipinski definition) is 6. The van der Waals surface area contributed by atoms with Gasteiger partial charge in [-0.15, -0.1) is 0 Å². The summed E-state index contributed by atoms with van der Waals surface area (Å²) in [7, 11) is 4.10. The molecule has 0 radical (unpaired) electrons. The van der Waals surface area contributed by atoms with Crippen LogP contribution < -0.4 is 10.2 Å². The van der Waals surface area contributed by atoms with Crippen molar-refractivity contribution in [2.45, 2.75) is 25.5 Å². The average Bonchev–Trinajstić information content (AvgIpc) is 2.70. The van der Waals surface area contributed by atoms with Crippen molar-refractivity contribution in [1.82, 2.24) is 14.9 Å². The summed E-state index contributed by atoms with van der Waals surface area (Å²) in [6, 6.07) is 2.20. The van der Waals surface area contributed by atoms with Gasteiger partial charge in [-0.05, 0) is 33.5 Å². The molecule has 1 saturated heterocycles. The standard InChI is InChI=1S/C13H23N5O/c1-4-14-13-15-6-5-12(16-13)18-9-11(19)7-10(18)8-17(2)3/h5-6,10-11,19H,4,7-9H2,1-3H3,(H,14,15,16). The van der Waals surface area contributed by atoms with Crippen LogP contribution in [-0.2, 0) is 0 Å². The minimum absolute atomic E-state index is 0.275. The van der Waals surface area contributed by atoms with E-state index in [9.17, 15) is 5.11 Å². The van der Waals surface area contributed by atoms with Crippen LogP contribution in [0, 0.1) is 0 Å². The highest BCUT2D eigenvalue weighted by Gasteiger charge is 2.32. The summed E-state index contributed by atoms with van der Waals surface area (Å²) in [5.74, 6) is 1.53. The van der Waals surface area contributed by atoms with Gasteiger partial charge in [-0.3, -0.25) is 0 Å². The molecule has 0 spiro atoms. The van der Waals surface area contributed by atoms with Gasteiger partial charge in [0.25, 0.3) is 0 Å². The molecule has 2 heterocycles. The topological polar surface area (TPSA) is 64.5 Å². The molecule has 1 fully saturated rings. The molecule has 0 aliphatic carbocycles. The van der Waals surface area contributed by atoms with Gasteiger partial charge >= 0.3 is 0 Å². The third-order valence-corrected chi connectivity index (χ3v) is 3.24. The van der Waals surface area contributed by atoms with Gasteiger partial charge in [0, 0.05) is 31.9 Å². The quantitative estimate of drug-likeness (QED) is 0.804. The molecule has 1 aromatic rings. The van der Waals surface area contributed by atoms with E-state index in [0.29, 0.717) is 18.5 Å². The Morgan fingerprint density at radius 1 is 1.53 bits per heavy atom. The van der Waals surface area contributed by atoms with E-state index in [1.807, 2.05) is 27.1 Å². The lowest BCUT2D eigenvalue weighted by molar-refractivity contribution is 0.191. The fourth-order valence-electron chi connectivity index (χ4n) is 2.52. The highest BCUT2D eigenvalue weighted by molar-refractivity contribution is 5.45. The van der Waals surface area contributed by atoms with E-state index in [2.05, 4.69) is 25.1 Å². The van der Waals surface area contributed by atoms with Gasteiger partial charge in [0.15, 0.2) is 0 Å². The van der Waals surface area contributed by atoms with Crippen LogP contribution in [0.25, 0.3) is 0 Å². The van der Waals surface area contributed by atoms with E-state index in [4.69, 9.17) is 0 Å². The summed E-state index contributed by atoms with van der Waals surface area (Å²) >= 11 is 0. The van der Waals surface area contributed by atoms with Crippen molar-refractivity contribution in [2.24, 2.45) is 0 Å². The van der Waals surface area contributed by atoms with Crippen molar-refractivity contribution < 1.29 is 5.11 Å². The van der Waals surface area contributed by atoms with Crippen LogP contribution in [0.5, 0.6) is 0 Å². The van der Waals surface area contributed by atoms with Gasteiger partial charge in [-0.2, -0.15) is 4.98 Å². The largest absolute Gasteiger partial charge is 0.391 e. The Morgan fingerprint density at radius 3 is 3.00 bits per heavy atom. The van der Waals surface area contributed by atoms with Gasteiger partial charge in [0.1, 0.15) is 5.82 Å². The molecule has 1 aliphatic heterocycles. The lowest BCUT2D eigenvalue weighted by Crippen LogP contribution is -2.38. The molecule has 0 bridgehead atoms. The molecular weight excluding hydrogens is 242 g/mol. The van der Waals surface area contributed by atoms with Crippen molar-refractivity contribution in [2.75, 3.05) is 43.9 Å². The molecule has 19 heavy (non-hydrogen) atoms. The number of aromatic nitrogens is 2. The fraction of sp³-hybridized carbons (Fsp3) is 0.692. The number of aliphatic hydroxyl groups is 1. The number of likely N-dealkylation sites (N-methyl/N-ethyl adjacent to an activating group) is 1. The molecule has 0 saturated carbocycles. The van der Waals surface area contributed by atoms with Crippen LogP contribution in [0.3, 0.4) is 0 Å². The Labute approximate surface area is 114 Å². The molecule has 2 unspecified atom stereocenters. The zero-order chi connectivity index (χ0) is 13.8. The van der Waals surface area contributed by atoms with Crippen LogP contribution in [0.2, 0.25) is 0 Å². The minimum Gasteiger partial charge on any atom is -0.391 e. The number of anilines is 2. The number of nitrogens with one attached hydrogen (secondary N) is 1. The maximum Gasteiger partial charge on any atom is 0.224 e. The van der Waals surface area contributed by atoms with Crippen molar-refractivity contribution in [1.29, 1.82) is 0 Å². The summed E-state index contributed by atoms with van der Waals surface area (Å²) in [6.45, 7) is 4.37. The number of aliphatic hydroxyl groups excluding tert-OH is 1. The fourth-order valence-corrected chi connectivity index (χ4v) is 2.52. The van der Waals surface area contributed by atoms with Gasteiger partial charge in [-0.25, -0.2) is 4.98 Å². The van der Waals surface area contributed by atoms with Crippen molar-refractivity contribution in [3.8, 4) is 0 Å². The summed E-state index contributed by atoms with van der Waals surface area (Å²) in [5.41, 5.74) is 0. The summed E-state index contributed by atoms with van der Waals surface area (Å²) in [6.07, 6.45) is 2.28. The zero-order valence-corrected chi connectivity index (χ0v) is 11.9. The molecular formula is C13H23N5O. The number of β-amino-alcohol motifs (C(OH)–C–C–N with tert-alkyl or cyclic N) is 1. The normalized spacial score (nSPS) is 23.1. The maximum absolute atomic E-state index is 9.90. The second-order valence-corrected chi connectivity index (χ2v) is 5.23. The molecule has 0 amide bonds. The third kappa shape index (κ3) is 3.54. The molecule has 6 nitrogen and oxygen atoms in total. The second-order valence-electron chi connectivity index (χ2n) is 5.23. The first-order valence-corrected chi connectivity index (χ1v) is 6.76. The van der Waals surface area contributed by atoms with Crippen molar-refractivity contribution in [3.05, 3.63) is 12.3 Å². The van der Waals surface area contributed by atoms with E-state index in [1.165, 1.54) is 0 Å². The smallest absolute Gasteiger partial charge is 0.224 e. The Bertz CT molecular complexity index is 412. The monoisotopic (exact) mass is 265 g/mol. The minimum atomic E-state index is -0.275. The Morgan fingerprint density at radius 2 is 2.32 bits per heavy atom. The first-order valence-electron chi connectivity index (χ1n) is 6.76. The first-order chi connectivity index (χ1) is 9.10. The lowest BCUT2D eigenvalue weighted by Gasteiger charge is -2.27. The highest BCUT2D eigenvalue weighted by Crippen LogP contribution is 2.24. The summed E-state index contributed by atoms with van der Waals surface area (Å²) < 4.78 is 0. The number of rotatable bonds is 5. The summed E-state index contributed by atoms with van der Waals surface area (Å²) in [5, 5.41) is 13.0. The third-order valence-electron chi connectivity index (χ3n) is 3.24. The van der Waals surface area contributed by atoms with Gasteiger partial charge < -0.3 is 20.2 Å². The Hall–Kier alpha value is -1.40. The van der Waals surface area contributed by atoms with E-state index in [0.717, 1.165) is 25.3 Å². The van der Waals surface area contributed by atoms with Crippen LogP contribution >= 0.6 is 0 Å². The average molecular weight is 265 g/mol. The van der Waals surface area contributed by atoms with Crippen LogP contribution in [0.1, 0.15) is 13.3 Å². The molecule has 1 aromatic heterocycles. The number of nitrogens with zero attached hydrogens (tertiary/aromatic N) is 4. The molecule has 2 rings (SSSR count). The molecule has 2 atom stereocenters. The van der Waals surface area contributed by atoms with Crippen molar-refractivity contribution in [3.63, 3.8) is 0 Å². The van der Waals surface area contributed by atoms with E-state index >= 15 is 0 Å². The maximum atomic E-state index is 9.90. The second kappa shape index (κ2) is 6.16. The SMILES string of the molecule is CCNc1nccc(N2CC(O)CC2CN(C)C)n1. The van der Waals surface area contributed by atoms with Crippen LogP contribution in [0.4, 0.5) is 11.8 Å². The molecule has 6 heteroatoms. The lowest BCUT2D eigenvalue weighted by atomic mass is 10.2. The predicted molar refractivity (Wildman–Crippen MR) is 76.5 cm³/mol. The number of hydrogen-bond donors (Lipinski definition) is 2.